The van der Waals surface area contributed by atoms with Gasteiger partial charge in [-0.05, 0) is 19.8 Å². The van der Waals surface area contributed by atoms with Crippen molar-refractivity contribution in [3.05, 3.63) is 0 Å². The van der Waals surface area contributed by atoms with Gasteiger partial charge in [0.1, 0.15) is 5.54 Å². The van der Waals surface area contributed by atoms with Gasteiger partial charge in [-0.25, -0.2) is 0 Å². The Morgan fingerprint density at radius 2 is 2.38 bits per heavy atom. The first kappa shape index (κ1) is 10.5. The molecule has 2 unspecified atom stereocenters. The van der Waals surface area contributed by atoms with E-state index < -0.39 is 11.5 Å². The quantitative estimate of drug-likeness (QED) is 0.664. The molecule has 76 valence electrons. The van der Waals surface area contributed by atoms with E-state index in [1.54, 1.807) is 6.92 Å². The fourth-order valence-corrected chi connectivity index (χ4v) is 1.75. The molecule has 0 aromatic carbocycles. The summed E-state index contributed by atoms with van der Waals surface area (Å²) in [6, 6.07) is 0.144. The third kappa shape index (κ3) is 1.84. The summed E-state index contributed by atoms with van der Waals surface area (Å²) in [5.74, 6) is -0.746. The first-order valence-electron chi connectivity index (χ1n) is 4.74. The Morgan fingerprint density at radius 3 is 2.69 bits per heavy atom. The highest BCUT2D eigenvalue weighted by molar-refractivity contribution is 5.78. The molecule has 1 fully saturated rings. The molecule has 1 aliphatic rings. The van der Waals surface area contributed by atoms with E-state index in [2.05, 4.69) is 0 Å². The molecule has 4 heteroatoms. The molecule has 1 rings (SSSR count). The lowest BCUT2D eigenvalue weighted by atomic mass is 9.97. The van der Waals surface area contributed by atoms with Crippen LogP contribution in [0.3, 0.4) is 0 Å². The molecule has 0 radical (unpaired) electrons. The van der Waals surface area contributed by atoms with Gasteiger partial charge in [0.2, 0.25) is 0 Å². The van der Waals surface area contributed by atoms with E-state index in [9.17, 15) is 4.79 Å². The van der Waals surface area contributed by atoms with Crippen molar-refractivity contribution in [2.75, 3.05) is 13.1 Å². The van der Waals surface area contributed by atoms with Gasteiger partial charge in [0.05, 0.1) is 0 Å². The lowest BCUT2D eigenvalue weighted by Gasteiger charge is -2.33. The Hall–Kier alpha value is -0.610. The van der Waals surface area contributed by atoms with Crippen LogP contribution in [0, 0.1) is 0 Å². The van der Waals surface area contributed by atoms with Gasteiger partial charge < -0.3 is 10.8 Å². The maximum atomic E-state index is 11.1. The summed E-state index contributed by atoms with van der Waals surface area (Å²) < 4.78 is 0. The zero-order valence-corrected chi connectivity index (χ0v) is 8.29. The summed E-state index contributed by atoms with van der Waals surface area (Å²) in [6.07, 6.45) is 1.53. The van der Waals surface area contributed by atoms with Crippen LogP contribution in [0.1, 0.15) is 26.7 Å². The van der Waals surface area contributed by atoms with Crippen LogP contribution in [0.5, 0.6) is 0 Å². The minimum atomic E-state index is -0.746. The molecule has 13 heavy (non-hydrogen) atoms. The summed E-state index contributed by atoms with van der Waals surface area (Å²) in [5.41, 5.74) is 5.01. The number of rotatable bonds is 3. The monoisotopic (exact) mass is 186 g/mol. The normalized spacial score (nSPS) is 28.7. The Balaban J connectivity index is 2.72. The largest absolute Gasteiger partial charge is 0.480 e. The maximum Gasteiger partial charge on any atom is 0.323 e. The van der Waals surface area contributed by atoms with Gasteiger partial charge in [-0.1, -0.05) is 6.92 Å². The molecule has 3 N–H and O–H groups in total. The van der Waals surface area contributed by atoms with Gasteiger partial charge in [0.25, 0.3) is 0 Å². The van der Waals surface area contributed by atoms with Crippen molar-refractivity contribution in [3.63, 3.8) is 0 Å². The van der Waals surface area contributed by atoms with Gasteiger partial charge in [0, 0.05) is 19.1 Å². The highest BCUT2D eigenvalue weighted by Gasteiger charge is 2.40. The second-order valence-electron chi connectivity index (χ2n) is 3.93. The van der Waals surface area contributed by atoms with E-state index >= 15 is 0 Å². The second-order valence-corrected chi connectivity index (χ2v) is 3.93. The van der Waals surface area contributed by atoms with Crippen molar-refractivity contribution < 1.29 is 9.90 Å². The molecule has 4 nitrogen and oxygen atoms in total. The van der Waals surface area contributed by atoms with E-state index in [0.29, 0.717) is 13.0 Å². The molecule has 1 heterocycles. The minimum Gasteiger partial charge on any atom is -0.480 e. The number of carboxylic acids is 1. The lowest BCUT2D eigenvalue weighted by Crippen LogP contribution is -2.51. The molecule has 0 aromatic rings. The predicted octanol–water partition coefficient (Wildman–Crippen LogP) is 0.273. The Bertz CT molecular complexity index is 208. The van der Waals surface area contributed by atoms with Crippen LogP contribution >= 0.6 is 0 Å². The highest BCUT2D eigenvalue weighted by Crippen LogP contribution is 2.24. The van der Waals surface area contributed by atoms with E-state index in [0.717, 1.165) is 13.0 Å². The zero-order valence-electron chi connectivity index (χ0n) is 8.29. The number of likely N-dealkylation sites (tertiary alicyclic amines) is 1. The zero-order chi connectivity index (χ0) is 10.1. The topological polar surface area (TPSA) is 66.6 Å². The number of hydrogen-bond donors (Lipinski definition) is 2. The van der Waals surface area contributed by atoms with Crippen LogP contribution in [0.15, 0.2) is 0 Å². The van der Waals surface area contributed by atoms with Gasteiger partial charge in [0.15, 0.2) is 0 Å². The molecule has 0 aromatic heterocycles. The Labute approximate surface area is 78.7 Å². The lowest BCUT2D eigenvalue weighted by molar-refractivity contribution is -0.150. The molecule has 0 aliphatic carbocycles. The maximum absolute atomic E-state index is 11.1. The van der Waals surface area contributed by atoms with Crippen LogP contribution < -0.4 is 5.73 Å². The number of aliphatic carboxylic acids is 1. The van der Waals surface area contributed by atoms with E-state index in [4.69, 9.17) is 10.8 Å². The number of carbonyl (C=O) groups is 1. The summed E-state index contributed by atoms with van der Waals surface area (Å²) in [4.78, 5) is 13.0. The standard InChI is InChI=1S/C9H18N2O2/c1-3-9(2,8(12)13)11-5-4-7(10)6-11/h7H,3-6,10H2,1-2H3,(H,12,13). The predicted molar refractivity (Wildman–Crippen MR) is 50.5 cm³/mol. The van der Waals surface area contributed by atoms with Crippen LogP contribution in [0.25, 0.3) is 0 Å². The van der Waals surface area contributed by atoms with E-state index in [1.807, 2.05) is 11.8 Å². The Kier molecular flexibility index (Phi) is 2.93. The van der Waals surface area contributed by atoms with Crippen LogP contribution in [-0.4, -0.2) is 40.6 Å². The van der Waals surface area contributed by atoms with Crippen LogP contribution in [-0.2, 0) is 4.79 Å². The SMILES string of the molecule is CCC(C)(C(=O)O)N1CCC(N)C1. The van der Waals surface area contributed by atoms with Crippen molar-refractivity contribution in [1.82, 2.24) is 4.90 Å². The van der Waals surface area contributed by atoms with Crippen molar-refractivity contribution in [1.29, 1.82) is 0 Å². The minimum absolute atomic E-state index is 0.144. The first-order chi connectivity index (χ1) is 6.00. The summed E-state index contributed by atoms with van der Waals surface area (Å²) in [7, 11) is 0. The number of nitrogens with zero attached hydrogens (tertiary/aromatic N) is 1. The van der Waals surface area contributed by atoms with E-state index in [-0.39, 0.29) is 6.04 Å². The van der Waals surface area contributed by atoms with Crippen molar-refractivity contribution in [3.8, 4) is 0 Å². The summed E-state index contributed by atoms with van der Waals surface area (Å²) in [5, 5.41) is 9.10. The third-order valence-electron chi connectivity index (χ3n) is 3.07. The molecular weight excluding hydrogens is 168 g/mol. The number of hydrogen-bond acceptors (Lipinski definition) is 3. The van der Waals surface area contributed by atoms with Gasteiger partial charge in [-0.3, -0.25) is 9.69 Å². The fraction of sp³-hybridized carbons (Fsp3) is 0.889. The van der Waals surface area contributed by atoms with Crippen LogP contribution in [0.4, 0.5) is 0 Å². The molecule has 0 amide bonds. The average Bonchev–Trinajstić information content (AvgIpc) is 2.50. The molecule has 1 saturated heterocycles. The molecule has 1 aliphatic heterocycles. The molecule has 0 spiro atoms. The molecule has 2 atom stereocenters. The van der Waals surface area contributed by atoms with Crippen molar-refractivity contribution >= 4 is 5.97 Å². The fourth-order valence-electron chi connectivity index (χ4n) is 1.75. The second kappa shape index (κ2) is 3.64. The molecule has 0 saturated carbocycles. The van der Waals surface area contributed by atoms with Crippen molar-refractivity contribution in [2.45, 2.75) is 38.3 Å². The highest BCUT2D eigenvalue weighted by atomic mass is 16.4. The van der Waals surface area contributed by atoms with Gasteiger partial charge in [-0.15, -0.1) is 0 Å². The van der Waals surface area contributed by atoms with E-state index in [1.165, 1.54) is 0 Å². The summed E-state index contributed by atoms with van der Waals surface area (Å²) >= 11 is 0. The average molecular weight is 186 g/mol. The Morgan fingerprint density at radius 1 is 1.77 bits per heavy atom. The number of carboxylic acid groups (broad SMARTS) is 1. The molecule has 0 bridgehead atoms. The third-order valence-corrected chi connectivity index (χ3v) is 3.07. The van der Waals surface area contributed by atoms with Gasteiger partial charge in [-0.2, -0.15) is 0 Å². The first-order valence-corrected chi connectivity index (χ1v) is 4.74. The number of nitrogens with two attached hydrogens (primary N) is 1. The summed E-state index contributed by atoms with van der Waals surface area (Å²) in [6.45, 7) is 5.18. The molecular formula is C9H18N2O2. The van der Waals surface area contributed by atoms with Crippen LogP contribution in [0.2, 0.25) is 0 Å². The van der Waals surface area contributed by atoms with Gasteiger partial charge >= 0.3 is 5.97 Å². The smallest absolute Gasteiger partial charge is 0.323 e. The van der Waals surface area contributed by atoms with Crippen molar-refractivity contribution in [2.24, 2.45) is 5.73 Å².